The first kappa shape index (κ1) is 18.0. The first-order valence-corrected chi connectivity index (χ1v) is 9.99. The Labute approximate surface area is 150 Å². The lowest BCUT2D eigenvalue weighted by Gasteiger charge is -2.56. The quantitative estimate of drug-likeness (QED) is 0.640. The number of aryl methyl sites for hydroxylation is 1. The molecular formula is C23H38N+. The largest absolute Gasteiger partial charge is 0.330 e. The number of hydrogen-bond donors (Lipinski definition) is 0. The minimum atomic E-state index is 0.380. The number of fused-ring (bicyclic) bond motifs is 3. The molecule has 1 fully saturated rings. The summed E-state index contributed by atoms with van der Waals surface area (Å²) in [7, 11) is 7.09. The number of quaternary nitrogens is 1. The number of rotatable bonds is 3. The van der Waals surface area contributed by atoms with Gasteiger partial charge in [-0.2, -0.15) is 0 Å². The Kier molecular flexibility index (Phi) is 4.40. The van der Waals surface area contributed by atoms with Crippen LogP contribution in [0.15, 0.2) is 18.2 Å². The Hall–Kier alpha value is -0.820. The lowest BCUT2D eigenvalue weighted by molar-refractivity contribution is -0.878. The molecule has 0 bridgehead atoms. The van der Waals surface area contributed by atoms with Crippen LogP contribution in [0.4, 0.5) is 0 Å². The van der Waals surface area contributed by atoms with Gasteiger partial charge in [-0.25, -0.2) is 0 Å². The number of nitrogens with zero attached hydrogens (tertiary/aromatic N) is 1. The van der Waals surface area contributed by atoms with Gasteiger partial charge in [0.15, 0.2) is 0 Å². The summed E-state index contributed by atoms with van der Waals surface area (Å²) in [4.78, 5) is 0. The molecule has 0 aromatic heterocycles. The Balaban J connectivity index is 2.00. The topological polar surface area (TPSA) is 0 Å². The van der Waals surface area contributed by atoms with Gasteiger partial charge in [-0.15, -0.1) is 0 Å². The van der Waals surface area contributed by atoms with Gasteiger partial charge in [0.05, 0.1) is 27.7 Å². The maximum absolute atomic E-state index is 2.59. The molecule has 1 aromatic carbocycles. The molecule has 1 saturated carbocycles. The second-order valence-corrected chi connectivity index (χ2v) is 10.5. The van der Waals surface area contributed by atoms with Crippen LogP contribution in [-0.2, 0) is 11.8 Å². The molecular weight excluding hydrogens is 290 g/mol. The molecule has 0 unspecified atom stereocenters. The average Bonchev–Trinajstić information content (AvgIpc) is 2.44. The minimum absolute atomic E-state index is 0.380. The first-order valence-electron chi connectivity index (χ1n) is 9.99. The van der Waals surface area contributed by atoms with E-state index in [1.54, 1.807) is 11.1 Å². The van der Waals surface area contributed by atoms with E-state index in [1.807, 2.05) is 0 Å². The van der Waals surface area contributed by atoms with Gasteiger partial charge in [0.2, 0.25) is 0 Å². The molecule has 1 heteroatoms. The molecule has 1 aromatic rings. The van der Waals surface area contributed by atoms with Gasteiger partial charge in [0.1, 0.15) is 0 Å². The molecule has 0 aliphatic heterocycles. The SMILES string of the molecule is CC(C)c1ccc2c(c1)CC[C@H]1[C@](C)(C[N+](C)(C)C)CCC[C@@]21C. The molecule has 0 N–H and O–H groups in total. The van der Waals surface area contributed by atoms with Crippen molar-refractivity contribution in [3.8, 4) is 0 Å². The Bertz CT molecular complexity index is 609. The molecule has 0 saturated heterocycles. The molecule has 24 heavy (non-hydrogen) atoms. The Morgan fingerprint density at radius 3 is 2.46 bits per heavy atom. The normalized spacial score (nSPS) is 33.2. The highest BCUT2D eigenvalue weighted by Crippen LogP contribution is 2.57. The summed E-state index contributed by atoms with van der Waals surface area (Å²) in [5, 5.41) is 0. The van der Waals surface area contributed by atoms with Crippen molar-refractivity contribution in [2.24, 2.45) is 11.3 Å². The van der Waals surface area contributed by atoms with Crippen LogP contribution in [-0.4, -0.2) is 32.2 Å². The summed E-state index contributed by atoms with van der Waals surface area (Å²) in [5.74, 6) is 1.46. The Morgan fingerprint density at radius 1 is 1.12 bits per heavy atom. The molecule has 0 spiro atoms. The van der Waals surface area contributed by atoms with Crippen LogP contribution in [0.25, 0.3) is 0 Å². The van der Waals surface area contributed by atoms with Crippen molar-refractivity contribution in [3.63, 3.8) is 0 Å². The van der Waals surface area contributed by atoms with Gasteiger partial charge < -0.3 is 4.48 Å². The van der Waals surface area contributed by atoms with Gasteiger partial charge in [-0.3, -0.25) is 0 Å². The van der Waals surface area contributed by atoms with E-state index in [4.69, 9.17) is 0 Å². The van der Waals surface area contributed by atoms with Crippen molar-refractivity contribution in [2.45, 2.75) is 71.1 Å². The lowest BCUT2D eigenvalue weighted by atomic mass is 9.49. The second kappa shape index (κ2) is 5.87. The summed E-state index contributed by atoms with van der Waals surface area (Å²) in [6, 6.07) is 7.42. The third-order valence-electron chi connectivity index (χ3n) is 7.00. The van der Waals surface area contributed by atoms with Crippen LogP contribution in [0.5, 0.6) is 0 Å². The summed E-state index contributed by atoms with van der Waals surface area (Å²) in [6.07, 6.45) is 6.82. The van der Waals surface area contributed by atoms with Crippen molar-refractivity contribution < 1.29 is 4.48 Å². The fourth-order valence-electron chi connectivity index (χ4n) is 6.28. The zero-order chi connectivity index (χ0) is 17.8. The summed E-state index contributed by atoms with van der Waals surface area (Å²) in [5.41, 5.74) is 5.69. The summed E-state index contributed by atoms with van der Waals surface area (Å²) < 4.78 is 1.09. The predicted octanol–water partition coefficient (Wildman–Crippen LogP) is 5.53. The van der Waals surface area contributed by atoms with E-state index in [-0.39, 0.29) is 0 Å². The zero-order valence-corrected chi connectivity index (χ0v) is 17.1. The van der Waals surface area contributed by atoms with Crippen LogP contribution in [0.2, 0.25) is 0 Å². The van der Waals surface area contributed by atoms with E-state index in [0.717, 1.165) is 10.4 Å². The van der Waals surface area contributed by atoms with Crippen molar-refractivity contribution in [1.29, 1.82) is 0 Å². The summed E-state index contributed by atoms with van der Waals surface area (Å²) >= 11 is 0. The van der Waals surface area contributed by atoms with Crippen molar-refractivity contribution in [3.05, 3.63) is 34.9 Å². The average molecular weight is 329 g/mol. The van der Waals surface area contributed by atoms with Crippen molar-refractivity contribution >= 4 is 0 Å². The minimum Gasteiger partial charge on any atom is -0.330 e. The van der Waals surface area contributed by atoms with Gasteiger partial charge in [0.25, 0.3) is 0 Å². The van der Waals surface area contributed by atoms with Crippen molar-refractivity contribution in [2.75, 3.05) is 27.7 Å². The van der Waals surface area contributed by atoms with E-state index in [2.05, 4.69) is 67.0 Å². The van der Waals surface area contributed by atoms with E-state index >= 15 is 0 Å². The van der Waals surface area contributed by atoms with E-state index in [1.165, 1.54) is 44.2 Å². The predicted molar refractivity (Wildman–Crippen MR) is 105 cm³/mol. The molecule has 3 rings (SSSR count). The van der Waals surface area contributed by atoms with Gasteiger partial charge >= 0.3 is 0 Å². The highest BCUT2D eigenvalue weighted by atomic mass is 15.3. The monoisotopic (exact) mass is 328 g/mol. The molecule has 134 valence electrons. The van der Waals surface area contributed by atoms with Gasteiger partial charge in [0, 0.05) is 5.41 Å². The third-order valence-corrected chi connectivity index (χ3v) is 7.00. The smallest absolute Gasteiger partial charge is 0.0837 e. The highest BCUT2D eigenvalue weighted by molar-refractivity contribution is 5.42. The van der Waals surface area contributed by atoms with Crippen LogP contribution in [0, 0.1) is 11.3 Å². The number of hydrogen-bond acceptors (Lipinski definition) is 0. The zero-order valence-electron chi connectivity index (χ0n) is 17.1. The maximum atomic E-state index is 2.59. The van der Waals surface area contributed by atoms with Crippen LogP contribution in [0.1, 0.15) is 76.0 Å². The fraction of sp³-hybridized carbons (Fsp3) is 0.739. The van der Waals surface area contributed by atoms with Crippen LogP contribution in [0.3, 0.4) is 0 Å². The number of benzene rings is 1. The van der Waals surface area contributed by atoms with Gasteiger partial charge in [-0.1, -0.05) is 52.3 Å². The molecule has 0 heterocycles. The van der Waals surface area contributed by atoms with E-state index in [9.17, 15) is 0 Å². The van der Waals surface area contributed by atoms with Crippen LogP contribution >= 0.6 is 0 Å². The van der Waals surface area contributed by atoms with Gasteiger partial charge in [-0.05, 0) is 59.6 Å². The molecule has 2 aliphatic carbocycles. The van der Waals surface area contributed by atoms with Crippen LogP contribution < -0.4 is 0 Å². The first-order chi connectivity index (χ1) is 11.1. The third kappa shape index (κ3) is 3.05. The van der Waals surface area contributed by atoms with Crippen molar-refractivity contribution in [1.82, 2.24) is 0 Å². The maximum Gasteiger partial charge on any atom is 0.0837 e. The molecule has 0 amide bonds. The molecule has 1 nitrogen and oxygen atoms in total. The Morgan fingerprint density at radius 2 is 1.83 bits per heavy atom. The molecule has 3 atom stereocenters. The molecule has 0 radical (unpaired) electrons. The van der Waals surface area contributed by atoms with E-state index < -0.39 is 0 Å². The van der Waals surface area contributed by atoms with E-state index in [0.29, 0.717) is 16.7 Å². The second-order valence-electron chi connectivity index (χ2n) is 10.5. The fourth-order valence-corrected chi connectivity index (χ4v) is 6.28. The molecule has 2 aliphatic rings. The summed E-state index contributed by atoms with van der Waals surface area (Å²) in [6.45, 7) is 11.1. The standard InChI is InChI=1S/C23H38N/c1-17(2)18-9-11-20-19(15-18)10-12-21-22(3,16-24(5,6)7)13-8-14-23(20,21)4/h9,11,15,17,21H,8,10,12-14,16H2,1-7H3/q+1/t21-,22-,23-/m0/s1. The lowest BCUT2D eigenvalue weighted by Crippen LogP contribution is -2.55. The highest BCUT2D eigenvalue weighted by Gasteiger charge is 2.53.